The number of hydrogen-bond acceptors (Lipinski definition) is 3. The van der Waals surface area contributed by atoms with Gasteiger partial charge in [-0.2, -0.15) is 5.10 Å². The SMILES string of the molecule is CCCCCC(C)n1c(CO)n[nH]c1=S. The minimum atomic E-state index is -0.0642. The Bertz CT molecular complexity index is 345. The summed E-state index contributed by atoms with van der Waals surface area (Å²) in [6.45, 7) is 4.23. The number of H-pyrrole nitrogens is 1. The highest BCUT2D eigenvalue weighted by atomic mass is 32.1. The number of aliphatic hydroxyl groups excluding tert-OH is 1. The highest BCUT2D eigenvalue weighted by Crippen LogP contribution is 2.17. The molecular weight excluding hydrogens is 210 g/mol. The molecule has 0 aliphatic carbocycles. The first kappa shape index (κ1) is 12.4. The number of nitrogens with one attached hydrogen (secondary N) is 1. The zero-order valence-corrected chi connectivity index (χ0v) is 10.2. The Morgan fingerprint density at radius 3 is 2.87 bits per heavy atom. The lowest BCUT2D eigenvalue weighted by atomic mass is 10.1. The van der Waals surface area contributed by atoms with Gasteiger partial charge in [-0.3, -0.25) is 9.67 Å². The lowest BCUT2D eigenvalue weighted by molar-refractivity contribution is 0.259. The Hall–Kier alpha value is -0.680. The number of aliphatic hydroxyl groups is 1. The molecule has 1 aromatic heterocycles. The molecule has 4 nitrogen and oxygen atoms in total. The predicted octanol–water partition coefficient (Wildman–Crippen LogP) is 2.57. The molecule has 1 atom stereocenters. The molecule has 86 valence electrons. The summed E-state index contributed by atoms with van der Waals surface area (Å²) in [5, 5.41) is 15.8. The van der Waals surface area contributed by atoms with Crippen molar-refractivity contribution in [2.75, 3.05) is 0 Å². The Balaban J connectivity index is 2.67. The maximum Gasteiger partial charge on any atom is 0.195 e. The minimum Gasteiger partial charge on any atom is -0.388 e. The molecule has 1 aromatic rings. The van der Waals surface area contributed by atoms with Crippen LogP contribution in [0.1, 0.15) is 51.4 Å². The Morgan fingerprint density at radius 2 is 2.27 bits per heavy atom. The number of rotatable bonds is 6. The van der Waals surface area contributed by atoms with Crippen LogP contribution in [0.2, 0.25) is 0 Å². The predicted molar refractivity (Wildman–Crippen MR) is 62.2 cm³/mol. The van der Waals surface area contributed by atoms with Gasteiger partial charge in [-0.1, -0.05) is 26.2 Å². The van der Waals surface area contributed by atoms with E-state index < -0.39 is 0 Å². The van der Waals surface area contributed by atoms with E-state index in [4.69, 9.17) is 17.3 Å². The summed E-state index contributed by atoms with van der Waals surface area (Å²) in [4.78, 5) is 0. The molecule has 15 heavy (non-hydrogen) atoms. The molecule has 2 N–H and O–H groups in total. The van der Waals surface area contributed by atoms with Crippen LogP contribution in [0.4, 0.5) is 0 Å². The highest BCUT2D eigenvalue weighted by molar-refractivity contribution is 7.71. The van der Waals surface area contributed by atoms with Crippen molar-refractivity contribution in [2.45, 2.75) is 52.2 Å². The zero-order valence-electron chi connectivity index (χ0n) is 9.36. The van der Waals surface area contributed by atoms with E-state index in [2.05, 4.69) is 24.0 Å². The zero-order chi connectivity index (χ0) is 11.3. The molecule has 0 saturated heterocycles. The third kappa shape index (κ3) is 3.14. The van der Waals surface area contributed by atoms with Gasteiger partial charge in [0.2, 0.25) is 0 Å². The molecule has 0 aromatic carbocycles. The molecule has 5 heteroatoms. The van der Waals surface area contributed by atoms with Crippen LogP contribution >= 0.6 is 12.2 Å². The summed E-state index contributed by atoms with van der Waals surface area (Å²) in [6, 6.07) is 0.310. The lowest BCUT2D eigenvalue weighted by Gasteiger charge is -2.14. The highest BCUT2D eigenvalue weighted by Gasteiger charge is 2.11. The van der Waals surface area contributed by atoms with Crippen molar-refractivity contribution in [1.82, 2.24) is 14.8 Å². The fraction of sp³-hybridized carbons (Fsp3) is 0.800. The van der Waals surface area contributed by atoms with Crippen molar-refractivity contribution in [3.8, 4) is 0 Å². The maximum atomic E-state index is 9.10. The van der Waals surface area contributed by atoms with Crippen LogP contribution in [0, 0.1) is 4.77 Å². The van der Waals surface area contributed by atoms with Gasteiger partial charge in [-0.05, 0) is 25.6 Å². The number of aromatic nitrogens is 3. The van der Waals surface area contributed by atoms with Crippen molar-refractivity contribution in [1.29, 1.82) is 0 Å². The summed E-state index contributed by atoms with van der Waals surface area (Å²) in [5.41, 5.74) is 0. The molecular formula is C10H19N3OS. The molecule has 0 aliphatic heterocycles. The topological polar surface area (TPSA) is 53.8 Å². The molecule has 0 spiro atoms. The van der Waals surface area contributed by atoms with Crippen molar-refractivity contribution in [3.63, 3.8) is 0 Å². The maximum absolute atomic E-state index is 9.10. The van der Waals surface area contributed by atoms with Crippen molar-refractivity contribution >= 4 is 12.2 Å². The van der Waals surface area contributed by atoms with Crippen LogP contribution in [0.15, 0.2) is 0 Å². The van der Waals surface area contributed by atoms with Gasteiger partial charge in [0.05, 0.1) is 0 Å². The largest absolute Gasteiger partial charge is 0.388 e. The molecule has 1 rings (SSSR count). The summed E-state index contributed by atoms with van der Waals surface area (Å²) >= 11 is 5.13. The van der Waals surface area contributed by atoms with Crippen LogP contribution in [0.25, 0.3) is 0 Å². The van der Waals surface area contributed by atoms with Crippen molar-refractivity contribution < 1.29 is 5.11 Å². The van der Waals surface area contributed by atoms with E-state index >= 15 is 0 Å². The monoisotopic (exact) mass is 229 g/mol. The second-order valence-corrected chi connectivity index (χ2v) is 4.20. The van der Waals surface area contributed by atoms with Gasteiger partial charge in [0, 0.05) is 6.04 Å². The first-order chi connectivity index (χ1) is 7.20. The van der Waals surface area contributed by atoms with E-state index in [0.29, 0.717) is 16.6 Å². The van der Waals surface area contributed by atoms with Gasteiger partial charge in [-0.25, -0.2) is 0 Å². The van der Waals surface area contributed by atoms with E-state index in [9.17, 15) is 0 Å². The lowest BCUT2D eigenvalue weighted by Crippen LogP contribution is -2.09. The molecule has 0 saturated carbocycles. The standard InChI is InChI=1S/C10H19N3OS/c1-3-4-5-6-8(2)13-9(7-14)11-12-10(13)15/h8,14H,3-7H2,1-2H3,(H,12,15). The molecule has 1 heterocycles. The molecule has 0 fully saturated rings. The average Bonchev–Trinajstić information content (AvgIpc) is 2.59. The summed E-state index contributed by atoms with van der Waals surface area (Å²) in [5.74, 6) is 0.629. The number of nitrogens with zero attached hydrogens (tertiary/aromatic N) is 2. The first-order valence-corrected chi connectivity index (χ1v) is 5.88. The molecule has 0 amide bonds. The quantitative estimate of drug-likeness (QED) is 0.582. The van der Waals surface area contributed by atoms with Crippen LogP contribution in [0.5, 0.6) is 0 Å². The van der Waals surface area contributed by atoms with Crippen LogP contribution < -0.4 is 0 Å². The second kappa shape index (κ2) is 6.02. The number of unbranched alkanes of at least 4 members (excludes halogenated alkanes) is 2. The van der Waals surface area contributed by atoms with E-state index in [-0.39, 0.29) is 6.61 Å². The molecule has 0 radical (unpaired) electrons. The van der Waals surface area contributed by atoms with Gasteiger partial charge in [-0.15, -0.1) is 0 Å². The Kier molecular flexibility index (Phi) is 4.98. The van der Waals surface area contributed by atoms with E-state index in [1.54, 1.807) is 0 Å². The third-order valence-electron chi connectivity index (χ3n) is 2.59. The van der Waals surface area contributed by atoms with Gasteiger partial charge < -0.3 is 5.11 Å². The van der Waals surface area contributed by atoms with Crippen LogP contribution in [0.3, 0.4) is 0 Å². The summed E-state index contributed by atoms with van der Waals surface area (Å²) < 4.78 is 2.51. The van der Waals surface area contributed by atoms with Gasteiger partial charge >= 0.3 is 0 Å². The Morgan fingerprint density at radius 1 is 1.53 bits per heavy atom. The van der Waals surface area contributed by atoms with Crippen LogP contribution in [-0.2, 0) is 6.61 Å². The smallest absolute Gasteiger partial charge is 0.195 e. The van der Waals surface area contributed by atoms with Crippen molar-refractivity contribution in [3.05, 3.63) is 10.6 Å². The fourth-order valence-corrected chi connectivity index (χ4v) is 2.05. The summed E-state index contributed by atoms with van der Waals surface area (Å²) in [6.07, 6.45) is 4.73. The van der Waals surface area contributed by atoms with Gasteiger partial charge in [0.1, 0.15) is 6.61 Å². The number of aromatic amines is 1. The van der Waals surface area contributed by atoms with Crippen LogP contribution in [-0.4, -0.2) is 19.9 Å². The van der Waals surface area contributed by atoms with E-state index in [1.807, 2.05) is 4.57 Å². The van der Waals surface area contributed by atoms with Gasteiger partial charge in [0.15, 0.2) is 10.6 Å². The fourth-order valence-electron chi connectivity index (χ4n) is 1.72. The van der Waals surface area contributed by atoms with E-state index in [1.165, 1.54) is 19.3 Å². The van der Waals surface area contributed by atoms with Crippen molar-refractivity contribution in [2.24, 2.45) is 0 Å². The minimum absolute atomic E-state index is 0.0642. The normalized spacial score (nSPS) is 13.0. The molecule has 0 aliphatic rings. The molecule has 1 unspecified atom stereocenters. The molecule has 0 bridgehead atoms. The third-order valence-corrected chi connectivity index (χ3v) is 2.87. The van der Waals surface area contributed by atoms with Gasteiger partial charge in [0.25, 0.3) is 0 Å². The second-order valence-electron chi connectivity index (χ2n) is 3.82. The average molecular weight is 229 g/mol. The van der Waals surface area contributed by atoms with E-state index in [0.717, 1.165) is 6.42 Å². The Labute approximate surface area is 95.3 Å². The summed E-state index contributed by atoms with van der Waals surface area (Å²) in [7, 11) is 0. The first-order valence-electron chi connectivity index (χ1n) is 5.47. The number of hydrogen-bond donors (Lipinski definition) is 2.